The van der Waals surface area contributed by atoms with Gasteiger partial charge in [-0.3, -0.25) is 4.79 Å². The molecule has 4 fully saturated rings. The van der Waals surface area contributed by atoms with Crippen molar-refractivity contribution in [1.82, 2.24) is 4.90 Å². The maximum Gasteiger partial charge on any atom is 0.225 e. The molecule has 0 radical (unpaired) electrons. The Hall–Kier alpha value is -1.51. The zero-order chi connectivity index (χ0) is 25.7. The van der Waals surface area contributed by atoms with Crippen LogP contribution in [0, 0.1) is 0 Å². The number of hydrogen-bond acceptors (Lipinski definition) is 6. The minimum Gasteiger partial charge on any atom is -0.350 e. The molecule has 4 heterocycles. The van der Waals surface area contributed by atoms with Gasteiger partial charge in [-0.15, -0.1) is 0 Å². The van der Waals surface area contributed by atoms with Gasteiger partial charge in [-0.2, -0.15) is 0 Å². The Morgan fingerprint density at radius 2 is 1.65 bits per heavy atom. The summed E-state index contributed by atoms with van der Waals surface area (Å²) in [5.41, 5.74) is 0.338. The summed E-state index contributed by atoms with van der Waals surface area (Å²) in [5, 5.41) is 0. The molecule has 4 aliphatic heterocycles. The Kier molecular flexibility index (Phi) is 9.19. The zero-order valence-electron chi connectivity index (χ0n) is 22.6. The highest BCUT2D eigenvalue weighted by molar-refractivity contribution is 5.80. The molecule has 1 unspecified atom stereocenters. The first-order chi connectivity index (χ1) is 18.1. The largest absolute Gasteiger partial charge is 0.350 e. The fourth-order valence-electron chi connectivity index (χ4n) is 6.41. The molecule has 0 bridgehead atoms. The van der Waals surface area contributed by atoms with Gasteiger partial charge in [0.1, 0.15) is 30.1 Å². The minimum atomic E-state index is -0.632. The standard InChI is InChI=1S/C30H45NO6/c1-3-4-5-6-7-8-9-10-11-15-20-33-29-25-27(37-30(2)19-18-24(32)31(25)30)26-23(35-29)21-34-28(36-26)22-16-13-12-14-17-22/h12-14,16-17,23,25-29H,3-11,15,18-21H2,1-2H3/t23-,25-,26-,27+,28?,29-,30-/m1/s1. The predicted molar refractivity (Wildman–Crippen MR) is 140 cm³/mol. The van der Waals surface area contributed by atoms with Gasteiger partial charge in [0.2, 0.25) is 5.91 Å². The summed E-state index contributed by atoms with van der Waals surface area (Å²) in [4.78, 5) is 14.8. The van der Waals surface area contributed by atoms with Crippen molar-refractivity contribution in [1.29, 1.82) is 0 Å². The van der Waals surface area contributed by atoms with Gasteiger partial charge in [0.15, 0.2) is 12.6 Å². The minimum absolute atomic E-state index is 0.108. The summed E-state index contributed by atoms with van der Waals surface area (Å²) in [5.74, 6) is 0.108. The Balaban J connectivity index is 1.15. The second-order valence-electron chi connectivity index (χ2n) is 11.3. The van der Waals surface area contributed by atoms with Gasteiger partial charge in [-0.05, 0) is 13.3 Å². The molecule has 1 aromatic rings. The van der Waals surface area contributed by atoms with E-state index in [1.807, 2.05) is 42.2 Å². The molecule has 1 aromatic carbocycles. The lowest BCUT2D eigenvalue weighted by Crippen LogP contribution is -2.64. The van der Waals surface area contributed by atoms with E-state index in [-0.39, 0.29) is 30.3 Å². The fourth-order valence-corrected chi connectivity index (χ4v) is 6.41. The number of rotatable bonds is 13. The third kappa shape index (κ3) is 6.06. The average Bonchev–Trinajstić information content (AvgIpc) is 3.39. The van der Waals surface area contributed by atoms with E-state index in [4.69, 9.17) is 23.7 Å². The first-order valence-corrected chi connectivity index (χ1v) is 14.7. The monoisotopic (exact) mass is 515 g/mol. The Bertz CT molecular complexity index is 867. The Labute approximate surface area is 222 Å². The molecule has 4 saturated heterocycles. The van der Waals surface area contributed by atoms with Crippen molar-refractivity contribution in [3.8, 4) is 0 Å². The molecule has 0 aromatic heterocycles. The molecule has 5 rings (SSSR count). The summed E-state index contributed by atoms with van der Waals surface area (Å²) < 4.78 is 31.8. The number of nitrogens with zero attached hydrogens (tertiary/aromatic N) is 1. The van der Waals surface area contributed by atoms with Crippen molar-refractivity contribution in [2.45, 2.75) is 134 Å². The zero-order valence-corrected chi connectivity index (χ0v) is 22.6. The van der Waals surface area contributed by atoms with Crippen LogP contribution in [0.3, 0.4) is 0 Å². The number of carbonyl (C=O) groups is 1. The first-order valence-electron chi connectivity index (χ1n) is 14.7. The summed E-state index contributed by atoms with van der Waals surface area (Å²) in [6.07, 6.45) is 12.0. The van der Waals surface area contributed by atoms with Crippen LogP contribution in [-0.4, -0.2) is 60.4 Å². The molecule has 0 N–H and O–H groups in total. The van der Waals surface area contributed by atoms with Crippen LogP contribution in [0.2, 0.25) is 0 Å². The van der Waals surface area contributed by atoms with Crippen molar-refractivity contribution in [3.05, 3.63) is 35.9 Å². The van der Waals surface area contributed by atoms with Crippen molar-refractivity contribution in [2.75, 3.05) is 13.2 Å². The molecule has 0 aliphatic carbocycles. The van der Waals surface area contributed by atoms with E-state index in [1.54, 1.807) is 0 Å². The predicted octanol–water partition coefficient (Wildman–Crippen LogP) is 5.87. The van der Waals surface area contributed by atoms with Crippen LogP contribution >= 0.6 is 0 Å². The highest BCUT2D eigenvalue weighted by Crippen LogP contribution is 2.48. The second kappa shape index (κ2) is 12.6. The smallest absolute Gasteiger partial charge is 0.225 e. The summed E-state index contributed by atoms with van der Waals surface area (Å²) in [6, 6.07) is 9.64. The number of carbonyl (C=O) groups excluding carboxylic acids is 1. The van der Waals surface area contributed by atoms with Gasteiger partial charge < -0.3 is 28.6 Å². The van der Waals surface area contributed by atoms with Crippen LogP contribution in [-0.2, 0) is 28.5 Å². The van der Waals surface area contributed by atoms with Crippen molar-refractivity contribution < 1.29 is 28.5 Å². The number of ether oxygens (including phenoxy) is 5. The van der Waals surface area contributed by atoms with E-state index in [1.165, 1.54) is 51.4 Å². The van der Waals surface area contributed by atoms with Gasteiger partial charge in [0.05, 0.1) is 6.61 Å². The van der Waals surface area contributed by atoms with E-state index < -0.39 is 18.3 Å². The third-order valence-electron chi connectivity index (χ3n) is 8.43. The number of fused-ring (bicyclic) bond motifs is 5. The van der Waals surface area contributed by atoms with Gasteiger partial charge in [-0.25, -0.2) is 0 Å². The highest BCUT2D eigenvalue weighted by atomic mass is 16.8. The molecular formula is C30H45NO6. The van der Waals surface area contributed by atoms with Crippen molar-refractivity contribution in [2.24, 2.45) is 0 Å². The van der Waals surface area contributed by atoms with Crippen LogP contribution in [0.25, 0.3) is 0 Å². The molecule has 7 heteroatoms. The molecule has 37 heavy (non-hydrogen) atoms. The van der Waals surface area contributed by atoms with Crippen LogP contribution < -0.4 is 0 Å². The number of amides is 1. The SMILES string of the molecule is CCCCCCCCCCCCO[C@@H]1O[C@@H]2COC(c3ccccc3)O[C@H]2[C@H]2O[C@]3(C)CCC(=O)N3[C@@H]12. The molecular weight excluding hydrogens is 470 g/mol. The lowest BCUT2D eigenvalue weighted by atomic mass is 9.95. The van der Waals surface area contributed by atoms with Gasteiger partial charge in [0, 0.05) is 25.0 Å². The van der Waals surface area contributed by atoms with Crippen LogP contribution in [0.1, 0.15) is 103 Å². The average molecular weight is 516 g/mol. The lowest BCUT2D eigenvalue weighted by molar-refractivity contribution is -0.342. The maximum absolute atomic E-state index is 12.9. The number of hydrogen-bond donors (Lipinski definition) is 0. The topological polar surface area (TPSA) is 66.5 Å². The number of unbranched alkanes of at least 4 members (excludes halogenated alkanes) is 9. The summed E-state index contributed by atoms with van der Waals surface area (Å²) >= 11 is 0. The van der Waals surface area contributed by atoms with E-state index in [0.29, 0.717) is 26.1 Å². The summed E-state index contributed by atoms with van der Waals surface area (Å²) in [6.45, 7) is 5.30. The van der Waals surface area contributed by atoms with Crippen LogP contribution in [0.15, 0.2) is 30.3 Å². The van der Waals surface area contributed by atoms with Gasteiger partial charge >= 0.3 is 0 Å². The van der Waals surface area contributed by atoms with Gasteiger partial charge in [-0.1, -0.05) is 95.0 Å². The molecule has 7 atom stereocenters. The molecule has 1 amide bonds. The molecule has 7 nitrogen and oxygen atoms in total. The number of benzene rings is 1. The van der Waals surface area contributed by atoms with E-state index in [9.17, 15) is 4.79 Å². The van der Waals surface area contributed by atoms with Crippen LogP contribution in [0.5, 0.6) is 0 Å². The summed E-state index contributed by atoms with van der Waals surface area (Å²) in [7, 11) is 0. The Morgan fingerprint density at radius 1 is 0.946 bits per heavy atom. The molecule has 0 spiro atoms. The fraction of sp³-hybridized carbons (Fsp3) is 0.767. The lowest BCUT2D eigenvalue weighted by Gasteiger charge is -2.47. The molecule has 4 aliphatic rings. The third-order valence-corrected chi connectivity index (χ3v) is 8.43. The highest BCUT2D eigenvalue weighted by Gasteiger charge is 2.65. The van der Waals surface area contributed by atoms with Crippen molar-refractivity contribution >= 4 is 5.91 Å². The van der Waals surface area contributed by atoms with Gasteiger partial charge in [0.25, 0.3) is 0 Å². The normalized spacial score (nSPS) is 34.9. The molecule has 206 valence electrons. The maximum atomic E-state index is 12.9. The Morgan fingerprint density at radius 3 is 2.38 bits per heavy atom. The van der Waals surface area contributed by atoms with E-state index >= 15 is 0 Å². The van der Waals surface area contributed by atoms with E-state index in [0.717, 1.165) is 18.4 Å². The quantitative estimate of drug-likeness (QED) is 0.306. The van der Waals surface area contributed by atoms with Crippen LogP contribution in [0.4, 0.5) is 0 Å². The van der Waals surface area contributed by atoms with Crippen molar-refractivity contribution in [3.63, 3.8) is 0 Å². The first kappa shape index (κ1) is 27.1. The molecule has 0 saturated carbocycles. The van der Waals surface area contributed by atoms with E-state index in [2.05, 4.69) is 6.92 Å². The second-order valence-corrected chi connectivity index (χ2v) is 11.3.